The van der Waals surface area contributed by atoms with Crippen LogP contribution in [0.5, 0.6) is 0 Å². The van der Waals surface area contributed by atoms with Crippen LogP contribution < -0.4 is 9.80 Å². The van der Waals surface area contributed by atoms with Crippen molar-refractivity contribution in [2.75, 3.05) is 29.4 Å². The van der Waals surface area contributed by atoms with Crippen molar-refractivity contribution >= 4 is 11.6 Å². The van der Waals surface area contributed by atoms with E-state index >= 15 is 0 Å². The standard InChI is InChI=1S/C18H24N6/c1-2-16-19-11-14-6-9-24(12-15(14)22-16)18-10-17(20-13-21-18)23-7-4-3-5-8-23/h10-11,13H,2-9,12H2,1H3. The van der Waals surface area contributed by atoms with E-state index in [9.17, 15) is 0 Å². The summed E-state index contributed by atoms with van der Waals surface area (Å²) in [7, 11) is 0. The highest BCUT2D eigenvalue weighted by Crippen LogP contribution is 2.25. The maximum atomic E-state index is 4.71. The predicted molar refractivity (Wildman–Crippen MR) is 94.3 cm³/mol. The summed E-state index contributed by atoms with van der Waals surface area (Å²) >= 11 is 0. The smallest absolute Gasteiger partial charge is 0.134 e. The quantitative estimate of drug-likeness (QED) is 0.864. The van der Waals surface area contributed by atoms with Crippen molar-refractivity contribution in [3.63, 3.8) is 0 Å². The van der Waals surface area contributed by atoms with Gasteiger partial charge in [0.25, 0.3) is 0 Å². The Morgan fingerprint density at radius 1 is 0.958 bits per heavy atom. The number of aryl methyl sites for hydroxylation is 1. The summed E-state index contributed by atoms with van der Waals surface area (Å²) in [4.78, 5) is 22.8. The van der Waals surface area contributed by atoms with Crippen molar-refractivity contribution in [2.45, 2.75) is 45.6 Å². The second-order valence-electron chi connectivity index (χ2n) is 6.57. The number of nitrogens with zero attached hydrogens (tertiary/aromatic N) is 6. The zero-order chi connectivity index (χ0) is 16.4. The van der Waals surface area contributed by atoms with E-state index in [-0.39, 0.29) is 0 Å². The fourth-order valence-electron chi connectivity index (χ4n) is 3.52. The van der Waals surface area contributed by atoms with E-state index in [1.165, 1.54) is 24.8 Å². The summed E-state index contributed by atoms with van der Waals surface area (Å²) in [5.41, 5.74) is 2.42. The van der Waals surface area contributed by atoms with Crippen LogP contribution in [0.25, 0.3) is 0 Å². The largest absolute Gasteiger partial charge is 0.356 e. The van der Waals surface area contributed by atoms with Gasteiger partial charge in [0.1, 0.15) is 23.8 Å². The van der Waals surface area contributed by atoms with Crippen LogP contribution in [0.2, 0.25) is 0 Å². The molecule has 0 N–H and O–H groups in total. The monoisotopic (exact) mass is 324 g/mol. The number of rotatable bonds is 3. The molecule has 24 heavy (non-hydrogen) atoms. The number of hydrogen-bond donors (Lipinski definition) is 0. The number of piperidine rings is 1. The third-order valence-corrected chi connectivity index (χ3v) is 4.95. The first kappa shape index (κ1) is 15.3. The topological polar surface area (TPSA) is 58.0 Å². The number of anilines is 2. The Bertz CT molecular complexity index is 710. The highest BCUT2D eigenvalue weighted by molar-refractivity contribution is 5.51. The van der Waals surface area contributed by atoms with Gasteiger partial charge < -0.3 is 9.80 Å². The van der Waals surface area contributed by atoms with Crippen LogP contribution in [0.4, 0.5) is 11.6 Å². The molecular weight excluding hydrogens is 300 g/mol. The minimum Gasteiger partial charge on any atom is -0.356 e. The normalized spacial score (nSPS) is 17.7. The number of hydrogen-bond acceptors (Lipinski definition) is 6. The van der Waals surface area contributed by atoms with Gasteiger partial charge in [-0.1, -0.05) is 6.92 Å². The lowest BCUT2D eigenvalue weighted by atomic mass is 10.1. The molecule has 0 amide bonds. The van der Waals surface area contributed by atoms with Crippen LogP contribution in [0.3, 0.4) is 0 Å². The molecule has 0 aromatic carbocycles. The van der Waals surface area contributed by atoms with Crippen molar-refractivity contribution in [3.8, 4) is 0 Å². The highest BCUT2D eigenvalue weighted by atomic mass is 15.2. The average molecular weight is 324 g/mol. The maximum Gasteiger partial charge on any atom is 0.134 e. The Hall–Kier alpha value is -2.24. The van der Waals surface area contributed by atoms with Gasteiger partial charge in [0.2, 0.25) is 0 Å². The molecule has 4 heterocycles. The molecule has 2 aromatic rings. The molecule has 2 aliphatic rings. The van der Waals surface area contributed by atoms with Crippen LogP contribution in [-0.2, 0) is 19.4 Å². The van der Waals surface area contributed by atoms with E-state index in [2.05, 4.69) is 37.7 Å². The van der Waals surface area contributed by atoms with Gasteiger partial charge in [0, 0.05) is 38.3 Å². The average Bonchev–Trinajstić information content (AvgIpc) is 2.68. The molecule has 0 atom stereocenters. The minimum absolute atomic E-state index is 0.807. The third kappa shape index (κ3) is 3.05. The second-order valence-corrected chi connectivity index (χ2v) is 6.57. The molecule has 0 radical (unpaired) electrons. The summed E-state index contributed by atoms with van der Waals surface area (Å²) in [5, 5.41) is 0. The molecule has 2 aromatic heterocycles. The van der Waals surface area contributed by atoms with E-state index in [0.717, 1.165) is 62.2 Å². The van der Waals surface area contributed by atoms with E-state index in [1.54, 1.807) is 6.33 Å². The van der Waals surface area contributed by atoms with Gasteiger partial charge in [0.15, 0.2) is 0 Å². The molecule has 2 aliphatic heterocycles. The van der Waals surface area contributed by atoms with Gasteiger partial charge in [0.05, 0.1) is 12.2 Å². The summed E-state index contributed by atoms with van der Waals surface area (Å²) in [6.07, 6.45) is 9.39. The van der Waals surface area contributed by atoms with Gasteiger partial charge in [-0.2, -0.15) is 0 Å². The van der Waals surface area contributed by atoms with E-state index in [1.807, 2.05) is 6.20 Å². The number of aromatic nitrogens is 4. The van der Waals surface area contributed by atoms with Crippen molar-refractivity contribution < 1.29 is 0 Å². The lowest BCUT2D eigenvalue weighted by Crippen LogP contribution is -2.33. The van der Waals surface area contributed by atoms with E-state index in [0.29, 0.717) is 0 Å². The Labute approximate surface area is 143 Å². The van der Waals surface area contributed by atoms with Gasteiger partial charge in [-0.15, -0.1) is 0 Å². The van der Waals surface area contributed by atoms with Gasteiger partial charge in [-0.25, -0.2) is 19.9 Å². The molecule has 1 saturated heterocycles. The fraction of sp³-hybridized carbons (Fsp3) is 0.556. The molecule has 1 fully saturated rings. The molecule has 0 bridgehead atoms. The van der Waals surface area contributed by atoms with Gasteiger partial charge >= 0.3 is 0 Å². The molecule has 0 unspecified atom stereocenters. The number of fused-ring (bicyclic) bond motifs is 1. The van der Waals surface area contributed by atoms with Crippen molar-refractivity contribution in [1.82, 2.24) is 19.9 Å². The van der Waals surface area contributed by atoms with E-state index < -0.39 is 0 Å². The summed E-state index contributed by atoms with van der Waals surface area (Å²) < 4.78 is 0. The summed E-state index contributed by atoms with van der Waals surface area (Å²) in [5.74, 6) is 2.99. The molecule has 0 spiro atoms. The zero-order valence-electron chi connectivity index (χ0n) is 14.3. The predicted octanol–water partition coefficient (Wildman–Crippen LogP) is 2.38. The Morgan fingerprint density at radius 3 is 2.54 bits per heavy atom. The molecule has 0 aliphatic carbocycles. The molecule has 4 rings (SSSR count). The van der Waals surface area contributed by atoms with Gasteiger partial charge in [-0.05, 0) is 31.2 Å². The minimum atomic E-state index is 0.807. The first-order valence-corrected chi connectivity index (χ1v) is 8.99. The van der Waals surface area contributed by atoms with Crippen LogP contribution >= 0.6 is 0 Å². The molecule has 0 saturated carbocycles. The fourth-order valence-corrected chi connectivity index (χ4v) is 3.52. The van der Waals surface area contributed by atoms with Crippen molar-refractivity contribution in [1.29, 1.82) is 0 Å². The Balaban J connectivity index is 1.55. The third-order valence-electron chi connectivity index (χ3n) is 4.95. The summed E-state index contributed by atoms with van der Waals surface area (Å²) in [6, 6.07) is 2.14. The van der Waals surface area contributed by atoms with Crippen LogP contribution in [0.15, 0.2) is 18.6 Å². The van der Waals surface area contributed by atoms with Crippen LogP contribution in [-0.4, -0.2) is 39.6 Å². The molecular formula is C18H24N6. The Kier molecular flexibility index (Phi) is 4.28. The van der Waals surface area contributed by atoms with Crippen molar-refractivity contribution in [3.05, 3.63) is 35.7 Å². The first-order valence-electron chi connectivity index (χ1n) is 8.99. The SMILES string of the molecule is CCc1ncc2c(n1)CN(c1cc(N3CCCCC3)ncn1)CC2. The maximum absolute atomic E-state index is 4.71. The molecule has 126 valence electrons. The van der Waals surface area contributed by atoms with Gasteiger partial charge in [-0.3, -0.25) is 0 Å². The van der Waals surface area contributed by atoms with Crippen LogP contribution in [0.1, 0.15) is 43.3 Å². The Morgan fingerprint density at radius 2 is 1.75 bits per heavy atom. The summed E-state index contributed by atoms with van der Waals surface area (Å²) in [6.45, 7) is 6.07. The molecule has 6 heteroatoms. The second kappa shape index (κ2) is 6.71. The lowest BCUT2D eigenvalue weighted by Gasteiger charge is -2.31. The highest BCUT2D eigenvalue weighted by Gasteiger charge is 2.21. The van der Waals surface area contributed by atoms with Crippen molar-refractivity contribution in [2.24, 2.45) is 0 Å². The lowest BCUT2D eigenvalue weighted by molar-refractivity contribution is 0.572. The molecule has 6 nitrogen and oxygen atoms in total. The van der Waals surface area contributed by atoms with E-state index in [4.69, 9.17) is 4.98 Å². The first-order chi connectivity index (χ1) is 11.8. The van der Waals surface area contributed by atoms with Crippen LogP contribution in [0, 0.1) is 0 Å². The zero-order valence-corrected chi connectivity index (χ0v) is 14.3.